The lowest BCUT2D eigenvalue weighted by molar-refractivity contribution is 1.25. The van der Waals surface area contributed by atoms with Crippen molar-refractivity contribution in [3.63, 3.8) is 0 Å². The third-order valence-corrected chi connectivity index (χ3v) is 3.19. The fourth-order valence-corrected chi connectivity index (χ4v) is 2.22. The van der Waals surface area contributed by atoms with Gasteiger partial charge in [0.05, 0.1) is 0 Å². The number of anilines is 1. The molecule has 0 bridgehead atoms. The average molecular weight is 262 g/mol. The first-order valence-electron chi connectivity index (χ1n) is 6.38. The van der Waals surface area contributed by atoms with Crippen LogP contribution in [0.15, 0.2) is 71.5 Å². The van der Waals surface area contributed by atoms with Gasteiger partial charge in [-0.05, 0) is 28.3 Å². The minimum Gasteiger partial charge on any atom is -0.385 e. The van der Waals surface area contributed by atoms with Gasteiger partial charge in [0.2, 0.25) is 5.56 Å². The molecule has 2 aromatic carbocycles. The molecule has 0 atom stereocenters. The Morgan fingerprint density at radius 2 is 1.25 bits per heavy atom. The van der Waals surface area contributed by atoms with Crippen LogP contribution in [-0.2, 0) is 0 Å². The quantitative estimate of drug-likeness (QED) is 0.744. The van der Waals surface area contributed by atoms with E-state index in [0.717, 1.165) is 16.7 Å². The minimum atomic E-state index is -0.188. The topological polar surface area (TPSA) is 58.9 Å². The summed E-state index contributed by atoms with van der Waals surface area (Å²) in [6.07, 6.45) is 0. The Kier molecular flexibility index (Phi) is 3.09. The third-order valence-electron chi connectivity index (χ3n) is 3.19. The fourth-order valence-electron chi connectivity index (χ4n) is 2.22. The number of pyridine rings is 1. The van der Waals surface area contributed by atoms with Crippen LogP contribution in [0.4, 0.5) is 5.82 Å². The Balaban J connectivity index is 1.99. The number of nitrogens with two attached hydrogens (primary N) is 1. The monoisotopic (exact) mass is 262 g/mol. The van der Waals surface area contributed by atoms with Crippen molar-refractivity contribution in [3.8, 4) is 22.3 Å². The molecule has 1 heterocycles. The normalized spacial score (nSPS) is 10.4. The van der Waals surface area contributed by atoms with Crippen molar-refractivity contribution in [1.29, 1.82) is 0 Å². The molecule has 1 aromatic heterocycles. The number of aromatic amines is 1. The zero-order valence-corrected chi connectivity index (χ0v) is 10.8. The van der Waals surface area contributed by atoms with Crippen molar-refractivity contribution in [2.24, 2.45) is 0 Å². The van der Waals surface area contributed by atoms with Crippen molar-refractivity contribution in [2.75, 3.05) is 5.73 Å². The number of aromatic nitrogens is 1. The first-order valence-corrected chi connectivity index (χ1v) is 6.38. The number of H-pyrrole nitrogens is 1. The van der Waals surface area contributed by atoms with E-state index in [0.29, 0.717) is 5.82 Å². The summed E-state index contributed by atoms with van der Waals surface area (Å²) in [5.41, 5.74) is 9.59. The Morgan fingerprint density at radius 3 is 1.85 bits per heavy atom. The molecule has 0 saturated carbocycles. The van der Waals surface area contributed by atoms with Crippen LogP contribution in [0.3, 0.4) is 0 Å². The lowest BCUT2D eigenvalue weighted by Crippen LogP contribution is -2.07. The number of rotatable bonds is 2. The largest absolute Gasteiger partial charge is 0.385 e. The summed E-state index contributed by atoms with van der Waals surface area (Å²) in [6.45, 7) is 0. The first-order chi connectivity index (χ1) is 9.72. The van der Waals surface area contributed by atoms with Gasteiger partial charge < -0.3 is 10.7 Å². The van der Waals surface area contributed by atoms with E-state index in [1.54, 1.807) is 12.1 Å². The van der Waals surface area contributed by atoms with Crippen molar-refractivity contribution < 1.29 is 0 Å². The predicted octanol–water partition coefficient (Wildman–Crippen LogP) is 3.29. The highest BCUT2D eigenvalue weighted by Crippen LogP contribution is 2.24. The lowest BCUT2D eigenvalue weighted by atomic mass is 10.0. The molecule has 0 unspecified atom stereocenters. The Hall–Kier alpha value is -2.81. The maximum absolute atomic E-state index is 11.4. The van der Waals surface area contributed by atoms with Gasteiger partial charge in [0.25, 0.3) is 0 Å². The molecule has 3 N–H and O–H groups in total. The van der Waals surface area contributed by atoms with E-state index < -0.39 is 0 Å². The number of hydrogen-bond acceptors (Lipinski definition) is 2. The molecule has 3 heteroatoms. The first kappa shape index (κ1) is 12.2. The third kappa shape index (κ3) is 2.47. The maximum Gasteiger partial charge on any atom is 0.250 e. The molecule has 0 aliphatic rings. The van der Waals surface area contributed by atoms with Gasteiger partial charge in [-0.25, -0.2) is 0 Å². The van der Waals surface area contributed by atoms with E-state index in [1.807, 2.05) is 42.5 Å². The maximum atomic E-state index is 11.4. The van der Waals surface area contributed by atoms with E-state index >= 15 is 0 Å². The van der Waals surface area contributed by atoms with E-state index in [4.69, 9.17) is 5.73 Å². The van der Waals surface area contributed by atoms with Crippen LogP contribution in [0, 0.1) is 0 Å². The Bertz CT molecular complexity index is 774. The van der Waals surface area contributed by atoms with Crippen molar-refractivity contribution >= 4 is 5.82 Å². The molecule has 3 rings (SSSR count). The van der Waals surface area contributed by atoms with Crippen LogP contribution in [0.2, 0.25) is 0 Å². The molecule has 98 valence electrons. The van der Waals surface area contributed by atoms with Crippen LogP contribution >= 0.6 is 0 Å². The molecular weight excluding hydrogens is 248 g/mol. The molecule has 20 heavy (non-hydrogen) atoms. The second-order valence-corrected chi connectivity index (χ2v) is 4.63. The molecule has 3 aromatic rings. The smallest absolute Gasteiger partial charge is 0.250 e. The summed E-state index contributed by atoms with van der Waals surface area (Å²) < 4.78 is 0. The highest BCUT2D eigenvalue weighted by atomic mass is 16.1. The number of nitrogen functional groups attached to an aromatic ring is 1. The molecule has 3 nitrogen and oxygen atoms in total. The van der Waals surface area contributed by atoms with Crippen LogP contribution in [0.5, 0.6) is 0 Å². The minimum absolute atomic E-state index is 0.188. The highest BCUT2D eigenvalue weighted by molar-refractivity contribution is 5.71. The van der Waals surface area contributed by atoms with Crippen molar-refractivity contribution in [2.45, 2.75) is 0 Å². The molecule has 0 aliphatic heterocycles. The van der Waals surface area contributed by atoms with Crippen LogP contribution in [-0.4, -0.2) is 4.98 Å². The van der Waals surface area contributed by atoms with Gasteiger partial charge in [0, 0.05) is 6.07 Å². The van der Waals surface area contributed by atoms with Crippen molar-refractivity contribution in [3.05, 3.63) is 77.1 Å². The van der Waals surface area contributed by atoms with E-state index in [-0.39, 0.29) is 5.56 Å². The lowest BCUT2D eigenvalue weighted by Gasteiger charge is -2.05. The predicted molar refractivity (Wildman–Crippen MR) is 82.3 cm³/mol. The van der Waals surface area contributed by atoms with Gasteiger partial charge in [0.1, 0.15) is 5.82 Å². The van der Waals surface area contributed by atoms with Crippen LogP contribution in [0.1, 0.15) is 0 Å². The van der Waals surface area contributed by atoms with Gasteiger partial charge in [0.15, 0.2) is 0 Å². The molecular formula is C17H14N2O. The van der Waals surface area contributed by atoms with Gasteiger partial charge in [-0.3, -0.25) is 4.79 Å². The number of hydrogen-bond donors (Lipinski definition) is 2. The van der Waals surface area contributed by atoms with Gasteiger partial charge in [-0.2, -0.15) is 0 Å². The second-order valence-electron chi connectivity index (χ2n) is 4.63. The van der Waals surface area contributed by atoms with Gasteiger partial charge in [-0.15, -0.1) is 0 Å². The molecule has 0 radical (unpaired) electrons. The molecule has 0 spiro atoms. The molecule has 0 aliphatic carbocycles. The van der Waals surface area contributed by atoms with E-state index in [1.165, 1.54) is 5.56 Å². The number of benzene rings is 2. The summed E-state index contributed by atoms with van der Waals surface area (Å²) in [5.74, 6) is 0.375. The second kappa shape index (κ2) is 5.05. The summed E-state index contributed by atoms with van der Waals surface area (Å²) in [4.78, 5) is 14.0. The molecule has 0 saturated heterocycles. The van der Waals surface area contributed by atoms with Crippen molar-refractivity contribution in [1.82, 2.24) is 4.98 Å². The zero-order chi connectivity index (χ0) is 13.9. The Labute approximate surface area is 116 Å². The van der Waals surface area contributed by atoms with E-state index in [2.05, 4.69) is 17.1 Å². The number of nitrogens with one attached hydrogen (secondary N) is 1. The van der Waals surface area contributed by atoms with Crippen LogP contribution < -0.4 is 11.3 Å². The fraction of sp³-hybridized carbons (Fsp3) is 0. The van der Waals surface area contributed by atoms with E-state index in [9.17, 15) is 4.79 Å². The van der Waals surface area contributed by atoms with Gasteiger partial charge in [-0.1, -0.05) is 54.6 Å². The highest BCUT2D eigenvalue weighted by Gasteiger charge is 2.02. The SMILES string of the molecule is Nc1cc(-c2ccc(-c3ccccc3)cc2)cc(=O)[nH]1. The summed E-state index contributed by atoms with van der Waals surface area (Å²) >= 11 is 0. The summed E-state index contributed by atoms with van der Waals surface area (Å²) in [6, 6.07) is 21.6. The Morgan fingerprint density at radius 1 is 0.700 bits per heavy atom. The summed E-state index contributed by atoms with van der Waals surface area (Å²) in [5, 5.41) is 0. The average Bonchev–Trinajstić information content (AvgIpc) is 2.47. The van der Waals surface area contributed by atoms with Crippen LogP contribution in [0.25, 0.3) is 22.3 Å². The standard InChI is InChI=1S/C17H14N2O/c18-16-10-15(11-17(20)19-16)14-8-6-13(7-9-14)12-4-2-1-3-5-12/h1-11H,(H3,18,19,20). The molecule has 0 amide bonds. The molecule has 0 fully saturated rings. The summed E-state index contributed by atoms with van der Waals surface area (Å²) in [7, 11) is 0. The van der Waals surface area contributed by atoms with Gasteiger partial charge >= 0.3 is 0 Å². The zero-order valence-electron chi connectivity index (χ0n) is 10.8.